The van der Waals surface area contributed by atoms with E-state index >= 15 is 0 Å². The molecule has 0 aromatic rings. The largest absolute Gasteiger partial charge is 0.460 e. The number of hydrogen-bond acceptors (Lipinski definition) is 6. The standard InChI is InChI=1S/C11H19N3O5/c1-9(2)11(15)19-7-5-17-4-6-18-10(8-16-3)13-14-12/h10H,1,4-8H2,2-3H3. The SMILES string of the molecule is C=C(C)C(=O)OCCOCCOC(COC)N=[N+]=[N-]. The van der Waals surface area contributed by atoms with Gasteiger partial charge in [-0.05, 0) is 12.5 Å². The summed E-state index contributed by atoms with van der Waals surface area (Å²) >= 11 is 0. The summed E-state index contributed by atoms with van der Waals surface area (Å²) in [5.41, 5.74) is 8.62. The van der Waals surface area contributed by atoms with Crippen LogP contribution in [0.1, 0.15) is 6.92 Å². The van der Waals surface area contributed by atoms with Gasteiger partial charge < -0.3 is 18.9 Å². The van der Waals surface area contributed by atoms with Crippen LogP contribution in [0.4, 0.5) is 0 Å². The van der Waals surface area contributed by atoms with Crippen LogP contribution in [0.3, 0.4) is 0 Å². The third kappa shape index (κ3) is 10.0. The van der Waals surface area contributed by atoms with Crippen molar-refractivity contribution in [3.8, 4) is 0 Å². The number of nitrogens with zero attached hydrogens (tertiary/aromatic N) is 3. The molecule has 0 spiro atoms. The van der Waals surface area contributed by atoms with Gasteiger partial charge in [0.05, 0.1) is 26.4 Å². The van der Waals surface area contributed by atoms with Crippen molar-refractivity contribution in [2.45, 2.75) is 13.2 Å². The lowest BCUT2D eigenvalue weighted by Gasteiger charge is -2.11. The Hall–Kier alpha value is -1.60. The highest BCUT2D eigenvalue weighted by Crippen LogP contribution is 1.96. The predicted molar refractivity (Wildman–Crippen MR) is 67.4 cm³/mol. The Balaban J connectivity index is 3.51. The smallest absolute Gasteiger partial charge is 0.333 e. The number of ether oxygens (including phenoxy) is 4. The van der Waals surface area contributed by atoms with E-state index in [1.165, 1.54) is 7.11 Å². The maximum Gasteiger partial charge on any atom is 0.333 e. The second kappa shape index (κ2) is 11.5. The number of hydrogen-bond donors (Lipinski definition) is 0. The first-order valence-corrected chi connectivity index (χ1v) is 5.67. The molecule has 0 aliphatic carbocycles. The molecule has 0 aliphatic rings. The molecule has 0 radical (unpaired) electrons. The normalized spacial score (nSPS) is 11.5. The number of azide groups is 1. The van der Waals surface area contributed by atoms with Gasteiger partial charge in [-0.15, -0.1) is 0 Å². The quantitative estimate of drug-likeness (QED) is 0.141. The average Bonchev–Trinajstić information content (AvgIpc) is 2.37. The molecule has 1 atom stereocenters. The maximum absolute atomic E-state index is 11.0. The number of esters is 1. The van der Waals surface area contributed by atoms with Gasteiger partial charge in [0.25, 0.3) is 0 Å². The van der Waals surface area contributed by atoms with Crippen molar-refractivity contribution in [3.05, 3.63) is 22.6 Å². The van der Waals surface area contributed by atoms with Crippen molar-refractivity contribution >= 4 is 5.97 Å². The molecule has 0 amide bonds. The molecule has 0 aromatic carbocycles. The molecule has 8 nitrogen and oxygen atoms in total. The molecule has 1 unspecified atom stereocenters. The summed E-state index contributed by atoms with van der Waals surface area (Å²) in [5.74, 6) is -0.441. The molecule has 0 saturated carbocycles. The molecular formula is C11H19N3O5. The van der Waals surface area contributed by atoms with E-state index < -0.39 is 12.2 Å². The average molecular weight is 273 g/mol. The molecular weight excluding hydrogens is 254 g/mol. The molecule has 0 fully saturated rings. The van der Waals surface area contributed by atoms with Crippen LogP contribution in [0.25, 0.3) is 10.4 Å². The van der Waals surface area contributed by atoms with Crippen LogP contribution in [0.15, 0.2) is 17.3 Å². The lowest BCUT2D eigenvalue weighted by Crippen LogP contribution is -2.19. The minimum Gasteiger partial charge on any atom is -0.460 e. The first kappa shape index (κ1) is 17.4. The molecule has 0 saturated heterocycles. The summed E-state index contributed by atoms with van der Waals surface area (Å²) in [7, 11) is 1.48. The zero-order valence-corrected chi connectivity index (χ0v) is 11.2. The van der Waals surface area contributed by atoms with Crippen LogP contribution in [-0.4, -0.2) is 52.3 Å². The van der Waals surface area contributed by atoms with Gasteiger partial charge in [0.1, 0.15) is 6.61 Å². The topological polar surface area (TPSA) is 103 Å². The summed E-state index contributed by atoms with van der Waals surface area (Å²) in [4.78, 5) is 13.6. The van der Waals surface area contributed by atoms with E-state index in [1.54, 1.807) is 6.92 Å². The number of carbonyl (C=O) groups is 1. The van der Waals surface area contributed by atoms with Gasteiger partial charge in [0, 0.05) is 17.6 Å². The third-order valence-electron chi connectivity index (χ3n) is 1.84. The molecule has 0 aromatic heterocycles. The van der Waals surface area contributed by atoms with Gasteiger partial charge in [0.2, 0.25) is 0 Å². The fourth-order valence-corrected chi connectivity index (χ4v) is 0.977. The molecule has 0 bridgehead atoms. The van der Waals surface area contributed by atoms with Crippen LogP contribution in [0.5, 0.6) is 0 Å². The Labute approximate surface area is 111 Å². The summed E-state index contributed by atoms with van der Waals surface area (Å²) in [6.07, 6.45) is -0.667. The highest BCUT2D eigenvalue weighted by Gasteiger charge is 2.05. The van der Waals surface area contributed by atoms with Gasteiger partial charge in [-0.1, -0.05) is 11.7 Å². The minimum absolute atomic E-state index is 0.156. The van der Waals surface area contributed by atoms with E-state index in [9.17, 15) is 4.79 Å². The summed E-state index contributed by atoms with van der Waals surface area (Å²) in [6, 6.07) is 0. The van der Waals surface area contributed by atoms with Crippen LogP contribution in [-0.2, 0) is 23.7 Å². The fourth-order valence-electron chi connectivity index (χ4n) is 0.977. The van der Waals surface area contributed by atoms with Gasteiger partial charge >= 0.3 is 5.97 Å². The van der Waals surface area contributed by atoms with Crippen LogP contribution in [0, 0.1) is 0 Å². The highest BCUT2D eigenvalue weighted by atomic mass is 16.6. The van der Waals surface area contributed by atoms with Gasteiger partial charge in [-0.2, -0.15) is 0 Å². The third-order valence-corrected chi connectivity index (χ3v) is 1.84. The number of methoxy groups -OCH3 is 1. The van der Waals surface area contributed by atoms with Crippen molar-refractivity contribution in [1.82, 2.24) is 0 Å². The van der Waals surface area contributed by atoms with E-state index in [0.29, 0.717) is 12.2 Å². The highest BCUT2D eigenvalue weighted by molar-refractivity contribution is 5.86. The summed E-state index contributed by atoms with van der Waals surface area (Å²) in [6.45, 7) is 6.17. The van der Waals surface area contributed by atoms with E-state index in [0.717, 1.165) is 0 Å². The van der Waals surface area contributed by atoms with Gasteiger partial charge in [-0.25, -0.2) is 4.79 Å². The zero-order valence-electron chi connectivity index (χ0n) is 11.2. The first-order chi connectivity index (χ1) is 9.11. The number of carbonyl (C=O) groups excluding carboxylic acids is 1. The summed E-state index contributed by atoms with van der Waals surface area (Å²) in [5, 5.41) is 3.39. The molecule has 108 valence electrons. The van der Waals surface area contributed by atoms with Crippen molar-refractivity contribution in [2.75, 3.05) is 40.1 Å². The predicted octanol–water partition coefficient (Wildman–Crippen LogP) is 1.42. The minimum atomic E-state index is -0.667. The Bertz CT molecular complexity index is 328. The van der Waals surface area contributed by atoms with Gasteiger partial charge in [0.15, 0.2) is 6.23 Å². The van der Waals surface area contributed by atoms with E-state index in [-0.39, 0.29) is 26.4 Å². The number of rotatable bonds is 11. The van der Waals surface area contributed by atoms with Crippen molar-refractivity contribution in [3.63, 3.8) is 0 Å². The molecule has 8 heteroatoms. The van der Waals surface area contributed by atoms with E-state index in [4.69, 9.17) is 24.5 Å². The molecule has 0 rings (SSSR count). The van der Waals surface area contributed by atoms with Crippen LogP contribution < -0.4 is 0 Å². The zero-order chi connectivity index (χ0) is 14.5. The van der Waals surface area contributed by atoms with Crippen molar-refractivity contribution < 1.29 is 23.7 Å². The monoisotopic (exact) mass is 273 g/mol. The lowest BCUT2D eigenvalue weighted by molar-refractivity contribution is -0.140. The van der Waals surface area contributed by atoms with Crippen molar-refractivity contribution in [1.29, 1.82) is 0 Å². The molecule has 0 aliphatic heterocycles. The Morgan fingerprint density at radius 1 is 1.37 bits per heavy atom. The van der Waals surface area contributed by atoms with E-state index in [2.05, 4.69) is 16.6 Å². The Kier molecular flexibility index (Phi) is 10.5. The first-order valence-electron chi connectivity index (χ1n) is 5.67. The van der Waals surface area contributed by atoms with Crippen LogP contribution in [0.2, 0.25) is 0 Å². The van der Waals surface area contributed by atoms with Crippen molar-refractivity contribution in [2.24, 2.45) is 5.11 Å². The Morgan fingerprint density at radius 3 is 2.63 bits per heavy atom. The molecule has 0 heterocycles. The lowest BCUT2D eigenvalue weighted by atomic mass is 10.4. The Morgan fingerprint density at radius 2 is 2.05 bits per heavy atom. The van der Waals surface area contributed by atoms with Crippen LogP contribution >= 0.6 is 0 Å². The fraction of sp³-hybridized carbons (Fsp3) is 0.727. The molecule has 0 N–H and O–H groups in total. The van der Waals surface area contributed by atoms with E-state index in [1.807, 2.05) is 0 Å². The molecule has 19 heavy (non-hydrogen) atoms. The maximum atomic E-state index is 11.0. The van der Waals surface area contributed by atoms with Gasteiger partial charge in [-0.3, -0.25) is 0 Å². The second-order valence-electron chi connectivity index (χ2n) is 3.51. The second-order valence-corrected chi connectivity index (χ2v) is 3.51. The summed E-state index contributed by atoms with van der Waals surface area (Å²) < 4.78 is 20.0.